The van der Waals surface area contributed by atoms with E-state index in [9.17, 15) is 9.59 Å². The van der Waals surface area contributed by atoms with Crippen molar-refractivity contribution in [3.05, 3.63) is 48.3 Å². The number of carbonyl (C=O) groups is 2. The summed E-state index contributed by atoms with van der Waals surface area (Å²) in [6.45, 7) is 2.36. The summed E-state index contributed by atoms with van der Waals surface area (Å²) in [5.74, 6) is -0.371. The quantitative estimate of drug-likeness (QED) is 0.754. The average Bonchev–Trinajstić information content (AvgIpc) is 3.26. The van der Waals surface area contributed by atoms with Crippen molar-refractivity contribution < 1.29 is 9.59 Å². The Bertz CT molecular complexity index is 709. The number of carbonyl (C=O) groups excluding carboxylic acids is 2. The van der Waals surface area contributed by atoms with Gasteiger partial charge >= 0.3 is 6.03 Å². The van der Waals surface area contributed by atoms with E-state index < -0.39 is 12.1 Å². The molecule has 1 atom stereocenters. The summed E-state index contributed by atoms with van der Waals surface area (Å²) in [6, 6.07) is 9.25. The number of nitrogens with zero attached hydrogens (tertiary/aromatic N) is 2. The maximum absolute atomic E-state index is 12.0. The average molecular weight is 327 g/mol. The van der Waals surface area contributed by atoms with Gasteiger partial charge in [-0.2, -0.15) is 5.10 Å². The molecule has 0 unspecified atom stereocenters. The molecule has 1 aromatic carbocycles. The van der Waals surface area contributed by atoms with Gasteiger partial charge in [-0.15, -0.1) is 0 Å². The minimum atomic E-state index is -0.538. The summed E-state index contributed by atoms with van der Waals surface area (Å²) in [4.78, 5) is 23.6. The Kier molecular flexibility index (Phi) is 4.79. The Morgan fingerprint density at radius 3 is 2.75 bits per heavy atom. The fraction of sp³-hybridized carbons (Fsp3) is 0.353. The lowest BCUT2D eigenvalue weighted by atomic mass is 10.2. The number of amides is 3. The third-order valence-electron chi connectivity index (χ3n) is 3.75. The van der Waals surface area contributed by atoms with E-state index in [1.807, 2.05) is 36.5 Å². The molecule has 0 aliphatic heterocycles. The Balaban J connectivity index is 1.49. The summed E-state index contributed by atoms with van der Waals surface area (Å²) in [7, 11) is 0. The van der Waals surface area contributed by atoms with Crippen LogP contribution < -0.4 is 16.0 Å². The molecule has 0 bridgehead atoms. The van der Waals surface area contributed by atoms with Gasteiger partial charge in [-0.25, -0.2) is 4.79 Å². The maximum atomic E-state index is 12.0. The van der Waals surface area contributed by atoms with Crippen molar-refractivity contribution in [3.8, 4) is 0 Å². The van der Waals surface area contributed by atoms with Crippen molar-refractivity contribution in [3.63, 3.8) is 0 Å². The zero-order valence-corrected chi connectivity index (χ0v) is 13.5. The predicted molar refractivity (Wildman–Crippen MR) is 90.6 cm³/mol. The van der Waals surface area contributed by atoms with E-state index in [1.165, 1.54) is 0 Å². The summed E-state index contributed by atoms with van der Waals surface area (Å²) in [6.07, 6.45) is 5.46. The first-order valence-corrected chi connectivity index (χ1v) is 8.04. The van der Waals surface area contributed by atoms with Crippen LogP contribution in [0.1, 0.15) is 25.3 Å². The topological polar surface area (TPSA) is 88.1 Å². The van der Waals surface area contributed by atoms with E-state index in [1.54, 1.807) is 17.8 Å². The Hall–Kier alpha value is -2.83. The molecule has 2 aromatic rings. The lowest BCUT2D eigenvalue weighted by Gasteiger charge is -2.13. The number of rotatable bonds is 6. The zero-order valence-electron chi connectivity index (χ0n) is 13.5. The number of hydrogen-bond acceptors (Lipinski definition) is 4. The van der Waals surface area contributed by atoms with Crippen LogP contribution in [0.25, 0.3) is 0 Å². The van der Waals surface area contributed by atoms with Gasteiger partial charge in [0.25, 0.3) is 0 Å². The Labute approximate surface area is 140 Å². The molecule has 1 aliphatic rings. The van der Waals surface area contributed by atoms with Crippen molar-refractivity contribution in [1.82, 2.24) is 20.4 Å². The first-order valence-electron chi connectivity index (χ1n) is 8.04. The molecule has 3 rings (SSSR count). The Morgan fingerprint density at radius 1 is 1.29 bits per heavy atom. The normalized spacial score (nSPS) is 14.7. The number of urea groups is 1. The van der Waals surface area contributed by atoms with Crippen LogP contribution in [0.3, 0.4) is 0 Å². The highest BCUT2D eigenvalue weighted by Gasteiger charge is 2.25. The van der Waals surface area contributed by atoms with Gasteiger partial charge in [0, 0.05) is 12.2 Å². The highest BCUT2D eigenvalue weighted by atomic mass is 16.2. The van der Waals surface area contributed by atoms with Crippen LogP contribution in [0.5, 0.6) is 0 Å². The molecule has 0 spiro atoms. The van der Waals surface area contributed by atoms with Crippen molar-refractivity contribution in [2.24, 2.45) is 0 Å². The van der Waals surface area contributed by atoms with E-state index in [-0.39, 0.29) is 11.9 Å². The minimum absolute atomic E-state index is 0.220. The first kappa shape index (κ1) is 16.0. The smallest absolute Gasteiger partial charge is 0.321 e. The van der Waals surface area contributed by atoms with Gasteiger partial charge in [0.1, 0.15) is 6.04 Å². The zero-order chi connectivity index (χ0) is 16.9. The molecule has 0 saturated heterocycles. The predicted octanol–water partition coefficient (Wildman–Crippen LogP) is 1.72. The monoisotopic (exact) mass is 327 g/mol. The lowest BCUT2D eigenvalue weighted by Crippen LogP contribution is -2.46. The molecular formula is C17H21N5O2. The van der Waals surface area contributed by atoms with Gasteiger partial charge in [0.2, 0.25) is 5.91 Å². The van der Waals surface area contributed by atoms with Crippen LogP contribution in [-0.4, -0.2) is 33.8 Å². The van der Waals surface area contributed by atoms with Crippen LogP contribution in [0, 0.1) is 0 Å². The van der Waals surface area contributed by atoms with E-state index in [2.05, 4.69) is 21.0 Å². The molecule has 3 amide bonds. The highest BCUT2D eigenvalue weighted by molar-refractivity contribution is 5.98. The fourth-order valence-corrected chi connectivity index (χ4v) is 2.28. The van der Waals surface area contributed by atoms with E-state index >= 15 is 0 Å². The number of imide groups is 1. The van der Waals surface area contributed by atoms with E-state index in [4.69, 9.17) is 0 Å². The largest absolute Gasteiger partial charge is 0.371 e. The standard InChI is InChI=1S/C17H21N5O2/c1-12(16(23)21-17(24)20-14-7-8-14)19-15-9-18-22(11-15)10-13-5-3-2-4-6-13/h2-6,9,11-12,14,19H,7-8,10H2,1H3,(H2,20,21,23,24)/t12-/m1/s1. The Morgan fingerprint density at radius 2 is 2.04 bits per heavy atom. The molecule has 1 saturated carbocycles. The van der Waals surface area contributed by atoms with Crippen LogP contribution in [0.4, 0.5) is 10.5 Å². The van der Waals surface area contributed by atoms with Crippen molar-refractivity contribution in [2.75, 3.05) is 5.32 Å². The maximum Gasteiger partial charge on any atom is 0.321 e. The third-order valence-corrected chi connectivity index (χ3v) is 3.75. The second-order valence-electron chi connectivity index (χ2n) is 6.02. The molecule has 0 radical (unpaired) electrons. The number of anilines is 1. The number of aromatic nitrogens is 2. The van der Waals surface area contributed by atoms with Gasteiger partial charge in [0.05, 0.1) is 18.4 Å². The molecule has 126 valence electrons. The van der Waals surface area contributed by atoms with Crippen molar-refractivity contribution in [1.29, 1.82) is 0 Å². The van der Waals surface area contributed by atoms with Gasteiger partial charge in [-0.05, 0) is 25.3 Å². The summed E-state index contributed by atoms with van der Waals surface area (Å²) in [5, 5.41) is 12.4. The third kappa shape index (κ3) is 4.58. The van der Waals surface area contributed by atoms with Gasteiger partial charge in [0.15, 0.2) is 0 Å². The van der Waals surface area contributed by atoms with Crippen molar-refractivity contribution >= 4 is 17.6 Å². The minimum Gasteiger partial charge on any atom is -0.371 e. The van der Waals surface area contributed by atoms with Crippen LogP contribution in [-0.2, 0) is 11.3 Å². The molecule has 3 N–H and O–H groups in total. The number of benzene rings is 1. The number of nitrogens with one attached hydrogen (secondary N) is 3. The lowest BCUT2D eigenvalue weighted by molar-refractivity contribution is -0.120. The van der Waals surface area contributed by atoms with Crippen LogP contribution >= 0.6 is 0 Å². The first-order chi connectivity index (χ1) is 11.6. The molecular weight excluding hydrogens is 306 g/mol. The summed E-state index contributed by atoms with van der Waals surface area (Å²) >= 11 is 0. The molecule has 7 nitrogen and oxygen atoms in total. The molecule has 1 aliphatic carbocycles. The van der Waals surface area contributed by atoms with Gasteiger partial charge in [-0.3, -0.25) is 14.8 Å². The fourth-order valence-electron chi connectivity index (χ4n) is 2.28. The summed E-state index contributed by atoms with van der Waals surface area (Å²) in [5.41, 5.74) is 1.88. The molecule has 24 heavy (non-hydrogen) atoms. The molecule has 1 fully saturated rings. The number of hydrogen-bond donors (Lipinski definition) is 3. The molecule has 1 aromatic heterocycles. The van der Waals surface area contributed by atoms with Gasteiger partial charge < -0.3 is 10.6 Å². The van der Waals surface area contributed by atoms with Crippen LogP contribution in [0.2, 0.25) is 0 Å². The SMILES string of the molecule is C[C@@H](Nc1cnn(Cc2ccccc2)c1)C(=O)NC(=O)NC1CC1. The highest BCUT2D eigenvalue weighted by Crippen LogP contribution is 2.18. The summed E-state index contributed by atoms with van der Waals surface area (Å²) < 4.78 is 1.79. The van der Waals surface area contributed by atoms with E-state index in [0.717, 1.165) is 24.1 Å². The molecule has 1 heterocycles. The van der Waals surface area contributed by atoms with E-state index in [0.29, 0.717) is 6.54 Å². The second-order valence-corrected chi connectivity index (χ2v) is 6.02. The van der Waals surface area contributed by atoms with Gasteiger partial charge in [-0.1, -0.05) is 30.3 Å². The second kappa shape index (κ2) is 7.16. The molecule has 7 heteroatoms. The van der Waals surface area contributed by atoms with Crippen LogP contribution in [0.15, 0.2) is 42.7 Å². The van der Waals surface area contributed by atoms with Crippen molar-refractivity contribution in [2.45, 2.75) is 38.4 Å².